The molecule has 6 heteroatoms. The minimum Gasteiger partial charge on any atom is -0.497 e. The van der Waals surface area contributed by atoms with Crippen LogP contribution in [0.4, 0.5) is 5.69 Å². The van der Waals surface area contributed by atoms with E-state index in [1.54, 1.807) is 7.11 Å². The fourth-order valence-electron chi connectivity index (χ4n) is 3.47. The molecule has 1 aliphatic heterocycles. The third-order valence-corrected chi connectivity index (χ3v) is 5.41. The number of carbonyl (C=O) groups is 1. The van der Waals surface area contributed by atoms with E-state index in [-0.39, 0.29) is 11.9 Å². The summed E-state index contributed by atoms with van der Waals surface area (Å²) in [6.07, 6.45) is 0. The molecule has 5 nitrogen and oxygen atoms in total. The maximum absolute atomic E-state index is 12.4. The van der Waals surface area contributed by atoms with Gasteiger partial charge in [-0.05, 0) is 42.8 Å². The molecule has 0 unspecified atom stereocenters. The molecule has 27 heavy (non-hydrogen) atoms. The van der Waals surface area contributed by atoms with Gasteiger partial charge in [-0.3, -0.25) is 4.79 Å². The van der Waals surface area contributed by atoms with E-state index in [4.69, 9.17) is 16.3 Å². The van der Waals surface area contributed by atoms with E-state index in [9.17, 15) is 4.79 Å². The molecule has 1 atom stereocenters. The van der Waals surface area contributed by atoms with Crippen molar-refractivity contribution in [2.75, 3.05) is 44.7 Å². The normalized spacial score (nSPS) is 16.0. The van der Waals surface area contributed by atoms with Gasteiger partial charge >= 0.3 is 0 Å². The molecule has 1 aliphatic rings. The number of methoxy groups -OCH3 is 1. The van der Waals surface area contributed by atoms with Gasteiger partial charge in [0.2, 0.25) is 0 Å². The quantitative estimate of drug-likeness (QED) is 0.795. The van der Waals surface area contributed by atoms with Crippen molar-refractivity contribution < 1.29 is 14.4 Å². The molecular weight excluding hydrogens is 362 g/mol. The maximum atomic E-state index is 12.4. The molecule has 1 saturated heterocycles. The molecule has 0 radical (unpaired) electrons. The average molecular weight is 389 g/mol. The Morgan fingerprint density at radius 1 is 1.19 bits per heavy atom. The number of quaternary nitrogens is 1. The largest absolute Gasteiger partial charge is 0.497 e. The molecular formula is C21H27ClN3O2+. The van der Waals surface area contributed by atoms with Gasteiger partial charge in [0.15, 0.2) is 6.54 Å². The molecule has 0 aliphatic carbocycles. The van der Waals surface area contributed by atoms with Crippen LogP contribution in [0.25, 0.3) is 0 Å². The monoisotopic (exact) mass is 388 g/mol. The van der Waals surface area contributed by atoms with Crippen molar-refractivity contribution in [3.05, 3.63) is 59.1 Å². The number of amides is 1. The van der Waals surface area contributed by atoms with E-state index in [0.29, 0.717) is 11.6 Å². The van der Waals surface area contributed by atoms with Crippen molar-refractivity contribution in [2.24, 2.45) is 0 Å². The van der Waals surface area contributed by atoms with Crippen LogP contribution in [-0.4, -0.2) is 45.7 Å². The van der Waals surface area contributed by atoms with E-state index >= 15 is 0 Å². The number of nitrogens with zero attached hydrogens (tertiary/aromatic N) is 1. The molecule has 0 saturated carbocycles. The predicted molar refractivity (Wildman–Crippen MR) is 109 cm³/mol. The summed E-state index contributed by atoms with van der Waals surface area (Å²) in [7, 11) is 1.68. The van der Waals surface area contributed by atoms with E-state index in [1.807, 2.05) is 43.3 Å². The van der Waals surface area contributed by atoms with Gasteiger partial charge in [0.25, 0.3) is 5.91 Å². The van der Waals surface area contributed by atoms with E-state index in [2.05, 4.69) is 22.3 Å². The Bertz CT molecular complexity index is 758. The first-order valence-corrected chi connectivity index (χ1v) is 9.71. The second-order valence-corrected chi connectivity index (χ2v) is 7.33. The van der Waals surface area contributed by atoms with E-state index in [1.165, 1.54) is 10.6 Å². The van der Waals surface area contributed by atoms with Gasteiger partial charge < -0.3 is 19.9 Å². The van der Waals surface area contributed by atoms with Gasteiger partial charge in [0.1, 0.15) is 5.75 Å². The number of hydrogen-bond acceptors (Lipinski definition) is 3. The zero-order valence-electron chi connectivity index (χ0n) is 15.9. The van der Waals surface area contributed by atoms with E-state index in [0.717, 1.165) is 37.5 Å². The summed E-state index contributed by atoms with van der Waals surface area (Å²) < 4.78 is 5.21. The first-order valence-electron chi connectivity index (χ1n) is 9.33. The number of rotatable bonds is 6. The van der Waals surface area contributed by atoms with Crippen molar-refractivity contribution in [3.8, 4) is 5.75 Å². The number of piperazine rings is 1. The smallest absolute Gasteiger partial charge is 0.275 e. The molecule has 0 aromatic heterocycles. The molecule has 1 amide bonds. The zero-order valence-corrected chi connectivity index (χ0v) is 16.6. The van der Waals surface area contributed by atoms with Crippen LogP contribution in [0, 0.1) is 0 Å². The fraction of sp³-hybridized carbons (Fsp3) is 0.381. The topological polar surface area (TPSA) is 46.0 Å². The van der Waals surface area contributed by atoms with Gasteiger partial charge in [-0.25, -0.2) is 0 Å². The number of halogens is 1. The summed E-state index contributed by atoms with van der Waals surface area (Å²) in [5, 5.41) is 3.75. The molecule has 3 rings (SSSR count). The number of ether oxygens (including phenoxy) is 1. The predicted octanol–water partition coefficient (Wildman–Crippen LogP) is 1.93. The van der Waals surface area contributed by atoms with Crippen molar-refractivity contribution >= 4 is 23.2 Å². The second-order valence-electron chi connectivity index (χ2n) is 6.92. The third-order valence-electron chi connectivity index (χ3n) is 5.07. The maximum Gasteiger partial charge on any atom is 0.275 e. The minimum atomic E-state index is -0.0915. The lowest BCUT2D eigenvalue weighted by molar-refractivity contribution is -0.892. The van der Waals surface area contributed by atoms with Crippen LogP contribution in [0.3, 0.4) is 0 Å². The summed E-state index contributed by atoms with van der Waals surface area (Å²) >= 11 is 6.22. The Labute approximate surface area is 165 Å². The van der Waals surface area contributed by atoms with Crippen LogP contribution in [-0.2, 0) is 4.79 Å². The number of hydrogen-bond donors (Lipinski definition) is 2. The van der Waals surface area contributed by atoms with Gasteiger partial charge in [0.05, 0.1) is 39.3 Å². The molecule has 0 spiro atoms. The van der Waals surface area contributed by atoms with Gasteiger partial charge in [-0.1, -0.05) is 29.8 Å². The highest BCUT2D eigenvalue weighted by Crippen LogP contribution is 2.22. The molecule has 0 bridgehead atoms. The Kier molecular flexibility index (Phi) is 6.58. The summed E-state index contributed by atoms with van der Waals surface area (Å²) in [5.41, 5.74) is 2.15. The van der Waals surface area contributed by atoms with Crippen molar-refractivity contribution in [1.82, 2.24) is 5.32 Å². The second kappa shape index (κ2) is 9.11. The van der Waals surface area contributed by atoms with Crippen LogP contribution in [0.5, 0.6) is 5.75 Å². The van der Waals surface area contributed by atoms with Crippen molar-refractivity contribution in [1.29, 1.82) is 0 Å². The highest BCUT2D eigenvalue weighted by molar-refractivity contribution is 6.31. The average Bonchev–Trinajstić information content (AvgIpc) is 2.69. The summed E-state index contributed by atoms with van der Waals surface area (Å²) in [4.78, 5) is 16.1. The summed E-state index contributed by atoms with van der Waals surface area (Å²) in [6.45, 7) is 6.23. The van der Waals surface area contributed by atoms with Gasteiger partial charge in [0, 0.05) is 10.7 Å². The molecule has 1 heterocycles. The highest BCUT2D eigenvalue weighted by Gasteiger charge is 2.23. The number of anilines is 1. The van der Waals surface area contributed by atoms with Crippen LogP contribution in [0.2, 0.25) is 5.02 Å². The molecule has 144 valence electrons. The Balaban J connectivity index is 1.47. The van der Waals surface area contributed by atoms with Crippen LogP contribution in [0.15, 0.2) is 48.5 Å². The third kappa shape index (κ3) is 5.15. The summed E-state index contributed by atoms with van der Waals surface area (Å²) in [6, 6.07) is 15.7. The van der Waals surface area contributed by atoms with Crippen molar-refractivity contribution in [2.45, 2.75) is 13.0 Å². The summed E-state index contributed by atoms with van der Waals surface area (Å²) in [5.74, 6) is 0.933. The number of benzene rings is 2. The Hall–Kier alpha value is -2.24. The first-order chi connectivity index (χ1) is 13.1. The lowest BCUT2D eigenvalue weighted by Crippen LogP contribution is -3.15. The SMILES string of the molecule is COc1ccc(N2CC[NH+](CC(=O)N[C@@H](C)c3ccccc3Cl)CC2)cc1. The molecule has 2 aromatic carbocycles. The lowest BCUT2D eigenvalue weighted by atomic mass is 10.1. The van der Waals surface area contributed by atoms with Crippen LogP contribution in [0.1, 0.15) is 18.5 Å². The lowest BCUT2D eigenvalue weighted by Gasteiger charge is -2.33. The van der Waals surface area contributed by atoms with Crippen LogP contribution >= 0.6 is 11.6 Å². The number of nitrogens with one attached hydrogen (secondary N) is 2. The first kappa shape index (κ1) is 19.5. The minimum absolute atomic E-state index is 0.0651. The number of carbonyl (C=O) groups excluding carboxylic acids is 1. The van der Waals surface area contributed by atoms with Crippen LogP contribution < -0.4 is 19.9 Å². The Morgan fingerprint density at radius 3 is 2.48 bits per heavy atom. The highest BCUT2D eigenvalue weighted by atomic mass is 35.5. The van der Waals surface area contributed by atoms with Crippen molar-refractivity contribution in [3.63, 3.8) is 0 Å². The fourth-order valence-corrected chi connectivity index (χ4v) is 3.77. The standard InChI is InChI=1S/C21H26ClN3O2/c1-16(19-5-3-4-6-20(19)22)23-21(26)15-24-11-13-25(14-12-24)17-7-9-18(27-2)10-8-17/h3-10,16H,11-15H2,1-2H3,(H,23,26)/p+1/t16-/m0/s1. The zero-order chi connectivity index (χ0) is 19.2. The van der Waals surface area contributed by atoms with Gasteiger partial charge in [-0.2, -0.15) is 0 Å². The molecule has 2 N–H and O–H groups in total. The Morgan fingerprint density at radius 2 is 1.85 bits per heavy atom. The molecule has 1 fully saturated rings. The van der Waals surface area contributed by atoms with Gasteiger partial charge in [-0.15, -0.1) is 0 Å². The van der Waals surface area contributed by atoms with E-state index < -0.39 is 0 Å². The molecule has 2 aromatic rings.